The fourth-order valence-corrected chi connectivity index (χ4v) is 2.14. The van der Waals surface area contributed by atoms with E-state index in [0.29, 0.717) is 22.3 Å². The van der Waals surface area contributed by atoms with Crippen molar-refractivity contribution in [2.75, 3.05) is 5.32 Å². The number of thioether (sulfide) groups is 1. The van der Waals surface area contributed by atoms with Gasteiger partial charge in [-0.3, -0.25) is 9.59 Å². The van der Waals surface area contributed by atoms with Gasteiger partial charge in [-0.15, -0.1) is 5.10 Å². The van der Waals surface area contributed by atoms with Crippen LogP contribution in [0.5, 0.6) is 0 Å². The summed E-state index contributed by atoms with van der Waals surface area (Å²) in [6, 6.07) is 5.89. The van der Waals surface area contributed by atoms with Crippen molar-refractivity contribution in [2.45, 2.75) is 30.2 Å². The summed E-state index contributed by atoms with van der Waals surface area (Å²) in [7, 11) is 0. The molecule has 1 aromatic heterocycles. The monoisotopic (exact) mass is 357 g/mol. The van der Waals surface area contributed by atoms with Crippen LogP contribution in [0.25, 0.3) is 0 Å². The summed E-state index contributed by atoms with van der Waals surface area (Å²) in [6.07, 6.45) is 0.203. The standard InChI is InChI=1S/C13H13F2N5O3S/c1-8(23-11(21)6-20-7-16-18-19-20)12(22)17-9-2-4-10(5-3-9)24-13(14)15/h2-5,7-8,13H,6H2,1H3,(H,17,22)/t8-/m0/s1. The number of nitrogens with zero attached hydrogens (tertiary/aromatic N) is 4. The average molecular weight is 357 g/mol. The summed E-state index contributed by atoms with van der Waals surface area (Å²) in [5.41, 5.74) is 0.405. The van der Waals surface area contributed by atoms with E-state index in [-0.39, 0.29) is 6.54 Å². The maximum Gasteiger partial charge on any atom is 0.328 e. The van der Waals surface area contributed by atoms with Crippen molar-refractivity contribution in [2.24, 2.45) is 0 Å². The third-order valence-electron chi connectivity index (χ3n) is 2.71. The number of tetrazole rings is 1. The van der Waals surface area contributed by atoms with Gasteiger partial charge in [0.2, 0.25) is 0 Å². The van der Waals surface area contributed by atoms with Crippen molar-refractivity contribution in [1.29, 1.82) is 0 Å². The van der Waals surface area contributed by atoms with Gasteiger partial charge < -0.3 is 10.1 Å². The zero-order chi connectivity index (χ0) is 17.5. The second-order valence-corrected chi connectivity index (χ2v) is 5.60. The van der Waals surface area contributed by atoms with E-state index >= 15 is 0 Å². The molecule has 0 radical (unpaired) electrons. The second kappa shape index (κ2) is 8.34. The van der Waals surface area contributed by atoms with Gasteiger partial charge in [-0.2, -0.15) is 8.78 Å². The van der Waals surface area contributed by atoms with E-state index in [2.05, 4.69) is 20.8 Å². The van der Waals surface area contributed by atoms with E-state index in [1.54, 1.807) is 0 Å². The van der Waals surface area contributed by atoms with E-state index in [1.165, 1.54) is 37.5 Å². The zero-order valence-electron chi connectivity index (χ0n) is 12.4. The molecule has 0 aliphatic rings. The Morgan fingerprint density at radius 2 is 2.04 bits per heavy atom. The smallest absolute Gasteiger partial charge is 0.328 e. The van der Waals surface area contributed by atoms with Gasteiger partial charge in [0.15, 0.2) is 6.10 Å². The van der Waals surface area contributed by atoms with Crippen LogP contribution in [0.2, 0.25) is 0 Å². The Kier molecular flexibility index (Phi) is 6.18. The number of esters is 1. The van der Waals surface area contributed by atoms with Gasteiger partial charge in [-0.25, -0.2) is 4.68 Å². The Bertz CT molecular complexity index is 681. The quantitative estimate of drug-likeness (QED) is 0.593. The van der Waals surface area contributed by atoms with Crippen LogP contribution in [0.1, 0.15) is 6.92 Å². The number of amides is 1. The number of aromatic nitrogens is 4. The Morgan fingerprint density at radius 3 is 2.62 bits per heavy atom. The molecule has 0 unspecified atom stereocenters. The van der Waals surface area contributed by atoms with Crippen molar-refractivity contribution in [1.82, 2.24) is 20.2 Å². The molecule has 0 aliphatic heterocycles. The van der Waals surface area contributed by atoms with Gasteiger partial charge in [-0.1, -0.05) is 11.8 Å². The van der Waals surface area contributed by atoms with Crippen molar-refractivity contribution < 1.29 is 23.1 Å². The molecule has 0 spiro atoms. The normalized spacial score (nSPS) is 12.0. The molecule has 1 heterocycles. The van der Waals surface area contributed by atoms with Crippen LogP contribution in [0.3, 0.4) is 0 Å². The van der Waals surface area contributed by atoms with Crippen molar-refractivity contribution in [3.63, 3.8) is 0 Å². The highest BCUT2D eigenvalue weighted by Gasteiger charge is 2.18. The van der Waals surface area contributed by atoms with Gasteiger partial charge in [0.25, 0.3) is 11.7 Å². The van der Waals surface area contributed by atoms with Crippen molar-refractivity contribution >= 4 is 29.3 Å². The number of hydrogen-bond acceptors (Lipinski definition) is 7. The molecule has 0 aliphatic carbocycles. The summed E-state index contributed by atoms with van der Waals surface area (Å²) < 4.78 is 30.6. The number of ether oxygens (including phenoxy) is 1. The average Bonchev–Trinajstić information content (AvgIpc) is 3.01. The lowest BCUT2D eigenvalue weighted by atomic mass is 10.3. The summed E-state index contributed by atoms with van der Waals surface area (Å²) in [5, 5.41) is 12.8. The van der Waals surface area contributed by atoms with Gasteiger partial charge in [0.05, 0.1) is 0 Å². The largest absolute Gasteiger partial charge is 0.451 e. The number of alkyl halides is 2. The van der Waals surface area contributed by atoms with E-state index in [9.17, 15) is 18.4 Å². The zero-order valence-corrected chi connectivity index (χ0v) is 13.2. The molecule has 2 aromatic rings. The highest BCUT2D eigenvalue weighted by atomic mass is 32.2. The number of rotatable bonds is 7. The van der Waals surface area contributed by atoms with Gasteiger partial charge in [-0.05, 0) is 41.6 Å². The number of halogens is 2. The third kappa shape index (κ3) is 5.57. The summed E-state index contributed by atoms with van der Waals surface area (Å²) in [4.78, 5) is 24.0. The van der Waals surface area contributed by atoms with Crippen LogP contribution in [-0.4, -0.2) is 43.9 Å². The fraction of sp³-hybridized carbons (Fsp3) is 0.308. The maximum atomic E-state index is 12.2. The van der Waals surface area contributed by atoms with E-state index in [4.69, 9.17) is 4.74 Å². The molecule has 0 saturated heterocycles. The highest BCUT2D eigenvalue weighted by molar-refractivity contribution is 7.99. The molecule has 24 heavy (non-hydrogen) atoms. The van der Waals surface area contributed by atoms with Gasteiger partial charge >= 0.3 is 5.97 Å². The fourth-order valence-electron chi connectivity index (χ4n) is 1.64. The number of carbonyl (C=O) groups excluding carboxylic acids is 2. The van der Waals surface area contributed by atoms with Crippen LogP contribution in [0, 0.1) is 0 Å². The van der Waals surface area contributed by atoms with Crippen molar-refractivity contribution in [3.8, 4) is 0 Å². The molecule has 0 bridgehead atoms. The Balaban J connectivity index is 1.83. The first-order valence-corrected chi connectivity index (χ1v) is 7.58. The topological polar surface area (TPSA) is 99.0 Å². The SMILES string of the molecule is C[C@H](OC(=O)Cn1cnnn1)C(=O)Nc1ccc(SC(F)F)cc1. The van der Waals surface area contributed by atoms with E-state index in [0.717, 1.165) is 4.68 Å². The highest BCUT2D eigenvalue weighted by Crippen LogP contribution is 2.26. The molecule has 128 valence electrons. The Morgan fingerprint density at radius 1 is 1.33 bits per heavy atom. The third-order valence-corrected chi connectivity index (χ3v) is 3.43. The summed E-state index contributed by atoms with van der Waals surface area (Å²) in [5.74, 6) is -3.73. The van der Waals surface area contributed by atoms with Crippen LogP contribution < -0.4 is 5.32 Å². The number of benzene rings is 1. The van der Waals surface area contributed by atoms with Gasteiger partial charge in [0.1, 0.15) is 12.9 Å². The molecule has 0 fully saturated rings. The summed E-state index contributed by atoms with van der Waals surface area (Å²) >= 11 is 0.409. The van der Waals surface area contributed by atoms with E-state index < -0.39 is 23.7 Å². The Labute approximate surface area is 139 Å². The Hall–Kier alpha value is -2.56. The molecule has 2 rings (SSSR count). The minimum atomic E-state index is -2.51. The lowest BCUT2D eigenvalue weighted by Crippen LogP contribution is -2.31. The molecule has 1 aromatic carbocycles. The number of carbonyl (C=O) groups is 2. The molecule has 1 atom stereocenters. The predicted molar refractivity (Wildman–Crippen MR) is 80.3 cm³/mol. The molecule has 11 heteroatoms. The van der Waals surface area contributed by atoms with Crippen molar-refractivity contribution in [3.05, 3.63) is 30.6 Å². The molecule has 1 N–H and O–H groups in total. The molecule has 8 nitrogen and oxygen atoms in total. The first-order valence-electron chi connectivity index (χ1n) is 6.70. The molecular formula is C13H13F2N5O3S. The summed E-state index contributed by atoms with van der Waals surface area (Å²) in [6.45, 7) is 1.19. The van der Waals surface area contributed by atoms with E-state index in [1.807, 2.05) is 0 Å². The predicted octanol–water partition coefficient (Wildman–Crippen LogP) is 1.56. The van der Waals surface area contributed by atoms with Crippen LogP contribution in [0.15, 0.2) is 35.5 Å². The lowest BCUT2D eigenvalue weighted by Gasteiger charge is -2.13. The first kappa shape index (κ1) is 17.8. The molecular weight excluding hydrogens is 344 g/mol. The van der Waals surface area contributed by atoms with Crippen LogP contribution >= 0.6 is 11.8 Å². The van der Waals surface area contributed by atoms with Crippen LogP contribution in [-0.2, 0) is 20.9 Å². The first-order chi connectivity index (χ1) is 11.4. The maximum absolute atomic E-state index is 12.2. The second-order valence-electron chi connectivity index (χ2n) is 4.53. The molecule has 1 amide bonds. The molecule has 0 saturated carbocycles. The lowest BCUT2D eigenvalue weighted by molar-refractivity contribution is -0.153. The minimum Gasteiger partial charge on any atom is -0.451 e. The number of hydrogen-bond donors (Lipinski definition) is 1. The van der Waals surface area contributed by atoms with Crippen LogP contribution in [0.4, 0.5) is 14.5 Å². The van der Waals surface area contributed by atoms with Gasteiger partial charge in [0, 0.05) is 10.6 Å². The number of anilines is 1. The number of nitrogens with one attached hydrogen (secondary N) is 1. The minimum absolute atomic E-state index is 0.218.